The van der Waals surface area contributed by atoms with E-state index < -0.39 is 6.10 Å². The molecular weight excluding hydrogens is 252 g/mol. The average molecular weight is 278 g/mol. The second-order valence-electron chi connectivity index (χ2n) is 6.56. The lowest BCUT2D eigenvalue weighted by atomic mass is 9.86. The van der Waals surface area contributed by atoms with E-state index in [1.54, 1.807) is 0 Å². The molecule has 0 aliphatic carbocycles. The maximum Gasteiger partial charge on any atom is 0.102 e. The molecule has 0 bridgehead atoms. The summed E-state index contributed by atoms with van der Waals surface area (Å²) >= 11 is 0. The summed E-state index contributed by atoms with van der Waals surface area (Å²) in [6, 6.07) is 8.14. The summed E-state index contributed by atoms with van der Waals surface area (Å²) in [7, 11) is 0. The Balaban J connectivity index is 1.81. The van der Waals surface area contributed by atoms with Gasteiger partial charge in [-0.2, -0.15) is 0 Å². The summed E-state index contributed by atoms with van der Waals surface area (Å²) in [5.74, 6) is 0. The van der Waals surface area contributed by atoms with Crippen LogP contribution < -0.4 is 0 Å². The zero-order chi connectivity index (χ0) is 14.6. The molecule has 1 aliphatic heterocycles. The van der Waals surface area contributed by atoms with Gasteiger partial charge in [-0.05, 0) is 29.4 Å². The van der Waals surface area contributed by atoms with E-state index in [0.717, 1.165) is 25.0 Å². The third kappa shape index (κ3) is 4.30. The van der Waals surface area contributed by atoms with Crippen molar-refractivity contribution in [3.8, 4) is 0 Å². The van der Waals surface area contributed by atoms with E-state index in [1.807, 2.05) is 12.1 Å². The molecule has 20 heavy (non-hydrogen) atoms. The van der Waals surface area contributed by atoms with E-state index in [0.29, 0.717) is 13.2 Å². The van der Waals surface area contributed by atoms with Crippen LogP contribution in [0.25, 0.3) is 0 Å². The zero-order valence-electron chi connectivity index (χ0n) is 12.8. The Labute approximate surface area is 121 Å². The first-order valence-electron chi connectivity index (χ1n) is 7.44. The Morgan fingerprint density at radius 2 is 2.00 bits per heavy atom. The SMILES string of the molecule is CC(C)(C)c1ccc(C(O)COCC2CCCO2)cc1. The summed E-state index contributed by atoms with van der Waals surface area (Å²) in [4.78, 5) is 0. The zero-order valence-corrected chi connectivity index (χ0v) is 12.8. The fourth-order valence-corrected chi connectivity index (χ4v) is 2.39. The number of rotatable bonds is 5. The van der Waals surface area contributed by atoms with Gasteiger partial charge >= 0.3 is 0 Å². The summed E-state index contributed by atoms with van der Waals surface area (Å²) < 4.78 is 11.0. The van der Waals surface area contributed by atoms with Gasteiger partial charge in [0.25, 0.3) is 0 Å². The van der Waals surface area contributed by atoms with Crippen molar-refractivity contribution < 1.29 is 14.6 Å². The Hall–Kier alpha value is -0.900. The van der Waals surface area contributed by atoms with E-state index in [9.17, 15) is 5.11 Å². The van der Waals surface area contributed by atoms with Crippen molar-refractivity contribution in [3.05, 3.63) is 35.4 Å². The second-order valence-corrected chi connectivity index (χ2v) is 6.56. The molecule has 2 unspecified atom stereocenters. The first-order chi connectivity index (χ1) is 9.47. The lowest BCUT2D eigenvalue weighted by Crippen LogP contribution is -2.17. The first kappa shape index (κ1) is 15.5. The van der Waals surface area contributed by atoms with E-state index in [1.165, 1.54) is 5.56 Å². The molecule has 0 saturated carbocycles. The number of hydrogen-bond donors (Lipinski definition) is 1. The van der Waals surface area contributed by atoms with Crippen molar-refractivity contribution in [1.82, 2.24) is 0 Å². The highest BCUT2D eigenvalue weighted by Gasteiger charge is 2.17. The van der Waals surface area contributed by atoms with Crippen LogP contribution in [0.3, 0.4) is 0 Å². The molecule has 0 amide bonds. The third-order valence-electron chi connectivity index (χ3n) is 3.76. The van der Waals surface area contributed by atoms with E-state index >= 15 is 0 Å². The molecule has 3 heteroatoms. The van der Waals surface area contributed by atoms with E-state index in [2.05, 4.69) is 32.9 Å². The summed E-state index contributed by atoms with van der Waals surface area (Å²) in [6.07, 6.45) is 1.83. The van der Waals surface area contributed by atoms with Gasteiger partial charge in [0.2, 0.25) is 0 Å². The van der Waals surface area contributed by atoms with Crippen LogP contribution in [0.1, 0.15) is 50.8 Å². The number of benzene rings is 1. The molecule has 3 nitrogen and oxygen atoms in total. The lowest BCUT2D eigenvalue weighted by molar-refractivity contribution is -0.0176. The quantitative estimate of drug-likeness (QED) is 0.899. The monoisotopic (exact) mass is 278 g/mol. The van der Waals surface area contributed by atoms with Gasteiger partial charge in [-0.15, -0.1) is 0 Å². The minimum atomic E-state index is -0.564. The third-order valence-corrected chi connectivity index (χ3v) is 3.76. The van der Waals surface area contributed by atoms with E-state index in [4.69, 9.17) is 9.47 Å². The average Bonchev–Trinajstić information content (AvgIpc) is 2.91. The maximum atomic E-state index is 10.1. The van der Waals surface area contributed by atoms with Gasteiger partial charge in [-0.3, -0.25) is 0 Å². The lowest BCUT2D eigenvalue weighted by Gasteiger charge is -2.20. The van der Waals surface area contributed by atoms with Gasteiger partial charge in [0.15, 0.2) is 0 Å². The minimum absolute atomic E-state index is 0.139. The van der Waals surface area contributed by atoms with Crippen molar-refractivity contribution in [3.63, 3.8) is 0 Å². The molecule has 0 spiro atoms. The largest absolute Gasteiger partial charge is 0.386 e. The van der Waals surface area contributed by atoms with Crippen LogP contribution in [0.15, 0.2) is 24.3 Å². The number of hydrogen-bond acceptors (Lipinski definition) is 3. The normalized spacial score (nSPS) is 21.1. The Kier molecular flexibility index (Phi) is 5.19. The smallest absolute Gasteiger partial charge is 0.102 e. The fraction of sp³-hybridized carbons (Fsp3) is 0.647. The minimum Gasteiger partial charge on any atom is -0.386 e. The number of aliphatic hydroxyl groups excluding tert-OH is 1. The van der Waals surface area contributed by atoms with Crippen LogP contribution in [0.2, 0.25) is 0 Å². The van der Waals surface area contributed by atoms with Crippen LogP contribution in [0.5, 0.6) is 0 Å². The molecule has 1 aromatic carbocycles. The summed E-state index contributed by atoms with van der Waals surface area (Å²) in [5.41, 5.74) is 2.32. The molecule has 112 valence electrons. The molecule has 1 N–H and O–H groups in total. The van der Waals surface area contributed by atoms with Crippen LogP contribution >= 0.6 is 0 Å². The standard InChI is InChI=1S/C17H26O3/c1-17(2,3)14-8-6-13(7-9-14)16(18)12-19-11-15-5-4-10-20-15/h6-9,15-16,18H,4-5,10-12H2,1-3H3. The van der Waals surface area contributed by atoms with E-state index in [-0.39, 0.29) is 11.5 Å². The Morgan fingerprint density at radius 3 is 2.55 bits per heavy atom. The van der Waals surface area contributed by atoms with Crippen molar-refractivity contribution in [2.45, 2.75) is 51.2 Å². The van der Waals surface area contributed by atoms with Gasteiger partial charge in [-0.25, -0.2) is 0 Å². The summed E-state index contributed by atoms with van der Waals surface area (Å²) in [5, 5.41) is 10.1. The molecular formula is C17H26O3. The number of aliphatic hydroxyl groups is 1. The highest BCUT2D eigenvalue weighted by Crippen LogP contribution is 2.24. The summed E-state index contributed by atoms with van der Waals surface area (Å²) in [6.45, 7) is 8.30. The fourth-order valence-electron chi connectivity index (χ4n) is 2.39. The molecule has 1 saturated heterocycles. The molecule has 1 aliphatic rings. The molecule has 0 radical (unpaired) electrons. The van der Waals surface area contributed by atoms with Gasteiger partial charge in [0, 0.05) is 6.61 Å². The molecule has 0 aromatic heterocycles. The predicted molar refractivity (Wildman–Crippen MR) is 79.9 cm³/mol. The van der Waals surface area contributed by atoms with Gasteiger partial charge in [0.1, 0.15) is 6.10 Å². The van der Waals surface area contributed by atoms with Crippen LogP contribution in [0.4, 0.5) is 0 Å². The molecule has 2 rings (SSSR count). The van der Waals surface area contributed by atoms with Crippen molar-refractivity contribution >= 4 is 0 Å². The predicted octanol–water partition coefficient (Wildman–Crippen LogP) is 3.21. The highest BCUT2D eigenvalue weighted by atomic mass is 16.5. The topological polar surface area (TPSA) is 38.7 Å². The molecule has 1 aromatic rings. The Bertz CT molecular complexity index is 399. The maximum absolute atomic E-state index is 10.1. The van der Waals surface area contributed by atoms with Gasteiger partial charge in [0.05, 0.1) is 19.3 Å². The first-order valence-corrected chi connectivity index (χ1v) is 7.44. The van der Waals surface area contributed by atoms with Crippen LogP contribution in [-0.4, -0.2) is 31.0 Å². The van der Waals surface area contributed by atoms with Crippen molar-refractivity contribution in [2.75, 3.05) is 19.8 Å². The van der Waals surface area contributed by atoms with Gasteiger partial charge in [-0.1, -0.05) is 45.0 Å². The van der Waals surface area contributed by atoms with Crippen LogP contribution in [0, 0.1) is 0 Å². The Morgan fingerprint density at radius 1 is 1.30 bits per heavy atom. The van der Waals surface area contributed by atoms with Crippen molar-refractivity contribution in [1.29, 1.82) is 0 Å². The number of ether oxygens (including phenoxy) is 2. The van der Waals surface area contributed by atoms with Gasteiger partial charge < -0.3 is 14.6 Å². The highest BCUT2D eigenvalue weighted by molar-refractivity contribution is 5.28. The second kappa shape index (κ2) is 6.70. The van der Waals surface area contributed by atoms with Crippen LogP contribution in [-0.2, 0) is 14.9 Å². The van der Waals surface area contributed by atoms with Crippen molar-refractivity contribution in [2.24, 2.45) is 0 Å². The molecule has 1 heterocycles. The molecule has 1 fully saturated rings. The molecule has 2 atom stereocenters.